The van der Waals surface area contributed by atoms with Gasteiger partial charge in [-0.1, -0.05) is 11.3 Å². The molecule has 0 aliphatic carbocycles. The first kappa shape index (κ1) is 13.9. The Hall–Kier alpha value is -2.02. The normalized spacial score (nSPS) is 12.5. The molecule has 3 aromatic rings. The Labute approximate surface area is 125 Å². The van der Waals surface area contributed by atoms with Gasteiger partial charge >= 0.3 is 0 Å². The molecule has 0 amide bonds. The lowest BCUT2D eigenvalue weighted by Gasteiger charge is -2.10. The number of thiazole rings is 1. The molecule has 1 aromatic carbocycles. The standard InChI is InChI=1S/C15H15N3O2S/c19-9-12(20)8-17-11-5-3-10(4-6-11)14-18-13-2-1-7-16-15(13)21-14/h1-7,12,17,19-20H,8-9H2. The van der Waals surface area contributed by atoms with Gasteiger partial charge in [-0.2, -0.15) is 0 Å². The van der Waals surface area contributed by atoms with Crippen LogP contribution in [0.25, 0.3) is 20.9 Å². The first-order valence-corrected chi connectivity index (χ1v) is 7.42. The van der Waals surface area contributed by atoms with Crippen molar-refractivity contribution in [1.29, 1.82) is 0 Å². The minimum absolute atomic E-state index is 0.246. The number of aliphatic hydroxyl groups is 2. The van der Waals surface area contributed by atoms with Crippen LogP contribution in [0.4, 0.5) is 5.69 Å². The highest BCUT2D eigenvalue weighted by atomic mass is 32.1. The molecule has 0 aliphatic rings. The number of hydrogen-bond donors (Lipinski definition) is 3. The molecule has 3 rings (SSSR count). The van der Waals surface area contributed by atoms with E-state index in [4.69, 9.17) is 5.11 Å². The molecule has 1 atom stereocenters. The smallest absolute Gasteiger partial charge is 0.143 e. The number of hydrogen-bond acceptors (Lipinski definition) is 6. The summed E-state index contributed by atoms with van der Waals surface area (Å²) in [6.45, 7) is 0.0741. The van der Waals surface area contributed by atoms with E-state index in [0.29, 0.717) is 6.54 Å². The van der Waals surface area contributed by atoms with Crippen molar-refractivity contribution < 1.29 is 10.2 Å². The van der Waals surface area contributed by atoms with Crippen LogP contribution < -0.4 is 5.32 Å². The third-order valence-corrected chi connectivity index (χ3v) is 4.08. The number of aliphatic hydroxyl groups excluding tert-OH is 2. The van der Waals surface area contributed by atoms with Gasteiger partial charge in [-0.25, -0.2) is 9.97 Å². The zero-order valence-electron chi connectivity index (χ0n) is 11.2. The Morgan fingerprint density at radius 2 is 2.00 bits per heavy atom. The molecule has 0 spiro atoms. The number of fused-ring (bicyclic) bond motifs is 1. The molecule has 0 aliphatic heterocycles. The zero-order valence-corrected chi connectivity index (χ0v) is 12.0. The van der Waals surface area contributed by atoms with Crippen molar-refractivity contribution in [3.63, 3.8) is 0 Å². The van der Waals surface area contributed by atoms with E-state index in [1.165, 1.54) is 0 Å². The average Bonchev–Trinajstić information content (AvgIpc) is 2.97. The number of anilines is 1. The van der Waals surface area contributed by atoms with E-state index in [0.717, 1.165) is 26.6 Å². The second-order valence-corrected chi connectivity index (χ2v) is 5.62. The topological polar surface area (TPSA) is 78.3 Å². The van der Waals surface area contributed by atoms with Gasteiger partial charge in [0.15, 0.2) is 0 Å². The summed E-state index contributed by atoms with van der Waals surface area (Å²) in [7, 11) is 0. The van der Waals surface area contributed by atoms with Gasteiger partial charge in [-0.05, 0) is 36.4 Å². The summed E-state index contributed by atoms with van der Waals surface area (Å²) >= 11 is 1.56. The van der Waals surface area contributed by atoms with Gasteiger partial charge in [-0.3, -0.25) is 0 Å². The first-order valence-electron chi connectivity index (χ1n) is 6.61. The Balaban J connectivity index is 1.77. The Morgan fingerprint density at radius 1 is 1.19 bits per heavy atom. The second kappa shape index (κ2) is 6.17. The van der Waals surface area contributed by atoms with E-state index >= 15 is 0 Å². The average molecular weight is 301 g/mol. The minimum atomic E-state index is -0.750. The molecule has 21 heavy (non-hydrogen) atoms. The largest absolute Gasteiger partial charge is 0.394 e. The van der Waals surface area contributed by atoms with E-state index in [1.807, 2.05) is 36.4 Å². The molecule has 3 N–H and O–H groups in total. The number of nitrogens with one attached hydrogen (secondary N) is 1. The van der Waals surface area contributed by atoms with Crippen LogP contribution in [-0.2, 0) is 0 Å². The van der Waals surface area contributed by atoms with Crippen molar-refractivity contribution >= 4 is 27.4 Å². The van der Waals surface area contributed by atoms with E-state index in [-0.39, 0.29) is 6.61 Å². The molecule has 0 bridgehead atoms. The van der Waals surface area contributed by atoms with Crippen molar-refractivity contribution in [2.24, 2.45) is 0 Å². The molecule has 2 aromatic heterocycles. The molecule has 0 fully saturated rings. The predicted molar refractivity (Wildman–Crippen MR) is 84.4 cm³/mol. The van der Waals surface area contributed by atoms with E-state index in [9.17, 15) is 5.11 Å². The van der Waals surface area contributed by atoms with Gasteiger partial charge in [0.05, 0.1) is 12.7 Å². The molecule has 6 heteroatoms. The zero-order chi connectivity index (χ0) is 14.7. The fraction of sp³-hybridized carbons (Fsp3) is 0.200. The van der Waals surface area contributed by atoms with Crippen LogP contribution in [0.3, 0.4) is 0 Å². The lowest BCUT2D eigenvalue weighted by atomic mass is 10.2. The molecular formula is C15H15N3O2S. The van der Waals surface area contributed by atoms with Gasteiger partial charge in [0.2, 0.25) is 0 Å². The molecular weight excluding hydrogens is 286 g/mol. The quantitative estimate of drug-likeness (QED) is 0.673. The maximum absolute atomic E-state index is 9.30. The summed E-state index contributed by atoms with van der Waals surface area (Å²) in [6, 6.07) is 11.6. The SMILES string of the molecule is OCC(O)CNc1ccc(-c2nc3cccnc3s2)cc1. The predicted octanol–water partition coefficient (Wildman–Crippen LogP) is 2.12. The second-order valence-electron chi connectivity index (χ2n) is 4.64. The van der Waals surface area contributed by atoms with Crippen LogP contribution in [-0.4, -0.2) is 39.4 Å². The van der Waals surface area contributed by atoms with E-state index < -0.39 is 6.10 Å². The Morgan fingerprint density at radius 3 is 2.71 bits per heavy atom. The molecule has 5 nitrogen and oxygen atoms in total. The van der Waals surface area contributed by atoms with Crippen molar-refractivity contribution in [2.75, 3.05) is 18.5 Å². The Kier molecular flexibility index (Phi) is 4.10. The third kappa shape index (κ3) is 3.18. The number of nitrogens with zero attached hydrogens (tertiary/aromatic N) is 2. The fourth-order valence-corrected chi connectivity index (χ4v) is 2.84. The number of aromatic nitrogens is 2. The van der Waals surface area contributed by atoms with Gasteiger partial charge < -0.3 is 15.5 Å². The van der Waals surface area contributed by atoms with Crippen LogP contribution in [0.1, 0.15) is 0 Å². The van der Waals surface area contributed by atoms with Gasteiger partial charge in [0, 0.05) is 24.0 Å². The molecule has 2 heterocycles. The van der Waals surface area contributed by atoms with Crippen LogP contribution >= 0.6 is 11.3 Å². The van der Waals surface area contributed by atoms with Crippen LogP contribution in [0.2, 0.25) is 0 Å². The lowest BCUT2D eigenvalue weighted by Crippen LogP contribution is -2.22. The molecule has 1 unspecified atom stereocenters. The van der Waals surface area contributed by atoms with Crippen molar-refractivity contribution in [3.05, 3.63) is 42.6 Å². The van der Waals surface area contributed by atoms with E-state index in [2.05, 4.69) is 15.3 Å². The summed E-state index contributed by atoms with van der Waals surface area (Å²) in [5.41, 5.74) is 2.84. The fourth-order valence-electron chi connectivity index (χ4n) is 1.92. The van der Waals surface area contributed by atoms with Crippen LogP contribution in [0.5, 0.6) is 0 Å². The first-order chi connectivity index (χ1) is 10.3. The molecule has 0 radical (unpaired) electrons. The van der Waals surface area contributed by atoms with Gasteiger partial charge in [0.25, 0.3) is 0 Å². The highest BCUT2D eigenvalue weighted by molar-refractivity contribution is 7.21. The monoisotopic (exact) mass is 301 g/mol. The number of benzene rings is 1. The summed E-state index contributed by atoms with van der Waals surface area (Å²) in [5, 5.41) is 22.1. The summed E-state index contributed by atoms with van der Waals surface area (Å²) in [5.74, 6) is 0. The van der Waals surface area contributed by atoms with Crippen molar-refractivity contribution in [3.8, 4) is 10.6 Å². The summed E-state index contributed by atoms with van der Waals surface area (Å²) in [4.78, 5) is 9.79. The van der Waals surface area contributed by atoms with Crippen molar-refractivity contribution in [2.45, 2.75) is 6.10 Å². The van der Waals surface area contributed by atoms with Gasteiger partial charge in [-0.15, -0.1) is 0 Å². The number of pyridine rings is 1. The van der Waals surface area contributed by atoms with Crippen molar-refractivity contribution in [1.82, 2.24) is 9.97 Å². The summed E-state index contributed by atoms with van der Waals surface area (Å²) in [6.07, 6.45) is 1.02. The van der Waals surface area contributed by atoms with Gasteiger partial charge in [0.1, 0.15) is 15.4 Å². The van der Waals surface area contributed by atoms with Crippen LogP contribution in [0.15, 0.2) is 42.6 Å². The Bertz CT molecular complexity index is 694. The molecule has 0 saturated carbocycles. The lowest BCUT2D eigenvalue weighted by molar-refractivity contribution is 0.105. The molecule has 0 saturated heterocycles. The highest BCUT2D eigenvalue weighted by Gasteiger charge is 2.07. The number of rotatable bonds is 5. The maximum Gasteiger partial charge on any atom is 0.143 e. The van der Waals surface area contributed by atoms with Crippen LogP contribution in [0, 0.1) is 0 Å². The summed E-state index contributed by atoms with van der Waals surface area (Å²) < 4.78 is 0. The minimum Gasteiger partial charge on any atom is -0.394 e. The highest BCUT2D eigenvalue weighted by Crippen LogP contribution is 2.29. The molecule has 108 valence electrons. The third-order valence-electron chi connectivity index (χ3n) is 3.05. The maximum atomic E-state index is 9.30. The van der Waals surface area contributed by atoms with E-state index in [1.54, 1.807) is 17.5 Å².